The Morgan fingerprint density at radius 3 is 2.93 bits per heavy atom. The zero-order valence-electron chi connectivity index (χ0n) is 7.32. The second kappa shape index (κ2) is 3.80. The molecule has 1 aromatic carbocycles. The van der Waals surface area contributed by atoms with Gasteiger partial charge in [0.25, 0.3) is 0 Å². The van der Waals surface area contributed by atoms with Gasteiger partial charge in [-0.15, -0.1) is 0 Å². The number of rotatable bonds is 2. The third kappa shape index (κ3) is 1.93. The Morgan fingerprint density at radius 2 is 2.29 bits per heavy atom. The van der Waals surface area contributed by atoms with Gasteiger partial charge in [-0.25, -0.2) is 4.39 Å². The Morgan fingerprint density at radius 1 is 1.43 bits per heavy atom. The van der Waals surface area contributed by atoms with Crippen LogP contribution in [0.25, 0.3) is 0 Å². The number of halogens is 2. The summed E-state index contributed by atoms with van der Waals surface area (Å²) >= 11 is 5.64. The Hall–Kier alpha value is -1.35. The molecule has 0 unspecified atom stereocenters. The molecule has 0 aliphatic carbocycles. The van der Waals surface area contributed by atoms with Gasteiger partial charge in [0.2, 0.25) is 0 Å². The average molecular weight is 211 g/mol. The molecule has 2 nitrogen and oxygen atoms in total. The average Bonchev–Trinajstić information content (AvgIpc) is 2.62. The van der Waals surface area contributed by atoms with E-state index in [1.54, 1.807) is 35.3 Å². The minimum Gasteiger partial charge on any atom is -0.268 e. The molecule has 0 aliphatic rings. The highest BCUT2D eigenvalue weighted by molar-refractivity contribution is 6.30. The van der Waals surface area contributed by atoms with Crippen molar-refractivity contribution in [3.63, 3.8) is 0 Å². The van der Waals surface area contributed by atoms with Gasteiger partial charge in [-0.05, 0) is 18.2 Å². The van der Waals surface area contributed by atoms with E-state index in [9.17, 15) is 4.39 Å². The van der Waals surface area contributed by atoms with Crippen molar-refractivity contribution in [3.8, 4) is 0 Å². The Kier molecular flexibility index (Phi) is 2.50. The molecule has 0 saturated carbocycles. The smallest absolute Gasteiger partial charge is 0.129 e. The summed E-state index contributed by atoms with van der Waals surface area (Å²) in [7, 11) is 0. The monoisotopic (exact) mass is 210 g/mol. The van der Waals surface area contributed by atoms with Crippen LogP contribution in [0.4, 0.5) is 4.39 Å². The van der Waals surface area contributed by atoms with Crippen LogP contribution in [0.15, 0.2) is 36.7 Å². The maximum Gasteiger partial charge on any atom is 0.129 e. The van der Waals surface area contributed by atoms with Crippen LogP contribution in [0, 0.1) is 5.82 Å². The molecule has 0 spiro atoms. The first-order valence-corrected chi connectivity index (χ1v) is 4.55. The van der Waals surface area contributed by atoms with E-state index >= 15 is 0 Å². The summed E-state index contributed by atoms with van der Waals surface area (Å²) < 4.78 is 15.0. The molecular weight excluding hydrogens is 203 g/mol. The second-order valence-corrected chi connectivity index (χ2v) is 3.38. The summed E-state index contributed by atoms with van der Waals surface area (Å²) in [4.78, 5) is 0. The SMILES string of the molecule is Fc1cc(Cl)ccc1Cn1cccn1. The van der Waals surface area contributed by atoms with E-state index in [-0.39, 0.29) is 5.82 Å². The lowest BCUT2D eigenvalue weighted by Crippen LogP contribution is -2.01. The van der Waals surface area contributed by atoms with E-state index in [0.717, 1.165) is 0 Å². The van der Waals surface area contributed by atoms with Crippen LogP contribution in [-0.2, 0) is 6.54 Å². The topological polar surface area (TPSA) is 17.8 Å². The van der Waals surface area contributed by atoms with Crippen LogP contribution in [0.2, 0.25) is 5.02 Å². The second-order valence-electron chi connectivity index (χ2n) is 2.94. The third-order valence-corrected chi connectivity index (χ3v) is 2.14. The van der Waals surface area contributed by atoms with Crippen LogP contribution >= 0.6 is 11.6 Å². The molecule has 72 valence electrons. The van der Waals surface area contributed by atoms with Crippen molar-refractivity contribution < 1.29 is 4.39 Å². The van der Waals surface area contributed by atoms with Crippen molar-refractivity contribution in [1.29, 1.82) is 0 Å². The highest BCUT2D eigenvalue weighted by Gasteiger charge is 2.03. The minimum atomic E-state index is -0.298. The molecule has 0 N–H and O–H groups in total. The summed E-state index contributed by atoms with van der Waals surface area (Å²) in [6.45, 7) is 0.427. The molecule has 0 radical (unpaired) electrons. The van der Waals surface area contributed by atoms with Crippen molar-refractivity contribution in [2.75, 3.05) is 0 Å². The van der Waals surface area contributed by atoms with Crippen LogP contribution in [0.3, 0.4) is 0 Å². The molecule has 1 aromatic heterocycles. The van der Waals surface area contributed by atoms with Crippen molar-refractivity contribution in [2.45, 2.75) is 6.54 Å². The van der Waals surface area contributed by atoms with Crippen molar-refractivity contribution >= 4 is 11.6 Å². The van der Waals surface area contributed by atoms with E-state index in [2.05, 4.69) is 5.10 Å². The summed E-state index contributed by atoms with van der Waals surface area (Å²) in [6, 6.07) is 6.44. The fourth-order valence-electron chi connectivity index (χ4n) is 1.22. The van der Waals surface area contributed by atoms with E-state index in [0.29, 0.717) is 17.1 Å². The molecule has 0 bridgehead atoms. The Balaban J connectivity index is 2.25. The molecule has 0 amide bonds. The van der Waals surface area contributed by atoms with E-state index in [1.807, 2.05) is 0 Å². The lowest BCUT2D eigenvalue weighted by atomic mass is 10.2. The first-order chi connectivity index (χ1) is 6.75. The molecule has 14 heavy (non-hydrogen) atoms. The molecule has 0 saturated heterocycles. The lowest BCUT2D eigenvalue weighted by Gasteiger charge is -2.03. The number of aromatic nitrogens is 2. The largest absolute Gasteiger partial charge is 0.268 e. The fraction of sp³-hybridized carbons (Fsp3) is 0.100. The highest BCUT2D eigenvalue weighted by atomic mass is 35.5. The maximum atomic E-state index is 13.3. The van der Waals surface area contributed by atoms with Gasteiger partial charge in [0, 0.05) is 23.0 Å². The Labute approximate surface area is 85.9 Å². The lowest BCUT2D eigenvalue weighted by molar-refractivity contribution is 0.585. The van der Waals surface area contributed by atoms with Crippen LogP contribution in [-0.4, -0.2) is 9.78 Å². The van der Waals surface area contributed by atoms with Crippen molar-refractivity contribution in [2.24, 2.45) is 0 Å². The van der Waals surface area contributed by atoms with Crippen LogP contribution in [0.5, 0.6) is 0 Å². The maximum absolute atomic E-state index is 13.3. The number of hydrogen-bond acceptors (Lipinski definition) is 1. The predicted molar refractivity (Wildman–Crippen MR) is 52.7 cm³/mol. The normalized spacial score (nSPS) is 10.4. The Bertz CT molecular complexity index is 426. The van der Waals surface area contributed by atoms with Gasteiger partial charge in [0.05, 0.1) is 6.54 Å². The molecule has 0 fully saturated rings. The fourth-order valence-corrected chi connectivity index (χ4v) is 1.38. The minimum absolute atomic E-state index is 0.298. The van der Waals surface area contributed by atoms with Crippen LogP contribution in [0.1, 0.15) is 5.56 Å². The van der Waals surface area contributed by atoms with Gasteiger partial charge in [-0.2, -0.15) is 5.10 Å². The zero-order valence-corrected chi connectivity index (χ0v) is 8.08. The first-order valence-electron chi connectivity index (χ1n) is 4.17. The highest BCUT2D eigenvalue weighted by Crippen LogP contribution is 2.15. The summed E-state index contributed by atoms with van der Waals surface area (Å²) in [6.07, 6.45) is 3.45. The summed E-state index contributed by atoms with van der Waals surface area (Å²) in [5.74, 6) is -0.298. The molecule has 2 rings (SSSR count). The van der Waals surface area contributed by atoms with Crippen molar-refractivity contribution in [1.82, 2.24) is 9.78 Å². The van der Waals surface area contributed by atoms with Gasteiger partial charge in [-0.1, -0.05) is 17.7 Å². The van der Waals surface area contributed by atoms with Crippen LogP contribution < -0.4 is 0 Å². The number of nitrogens with zero attached hydrogens (tertiary/aromatic N) is 2. The van der Waals surface area contributed by atoms with E-state index < -0.39 is 0 Å². The van der Waals surface area contributed by atoms with Gasteiger partial charge in [0.1, 0.15) is 5.82 Å². The quantitative estimate of drug-likeness (QED) is 0.745. The van der Waals surface area contributed by atoms with E-state index in [1.165, 1.54) is 6.07 Å². The third-order valence-electron chi connectivity index (χ3n) is 1.91. The number of benzene rings is 1. The summed E-state index contributed by atoms with van der Waals surface area (Å²) in [5, 5.41) is 4.40. The van der Waals surface area contributed by atoms with E-state index in [4.69, 9.17) is 11.6 Å². The molecule has 1 heterocycles. The summed E-state index contributed by atoms with van der Waals surface area (Å²) in [5.41, 5.74) is 0.582. The van der Waals surface area contributed by atoms with Gasteiger partial charge in [0.15, 0.2) is 0 Å². The van der Waals surface area contributed by atoms with Gasteiger partial charge in [-0.3, -0.25) is 4.68 Å². The molecule has 4 heteroatoms. The molecule has 2 aromatic rings. The van der Waals surface area contributed by atoms with Gasteiger partial charge < -0.3 is 0 Å². The van der Waals surface area contributed by atoms with Crippen molar-refractivity contribution in [3.05, 3.63) is 53.1 Å². The zero-order chi connectivity index (χ0) is 9.97. The van der Waals surface area contributed by atoms with Gasteiger partial charge >= 0.3 is 0 Å². The molecule has 0 aliphatic heterocycles. The molecular formula is C10H8ClFN2. The molecule has 0 atom stereocenters. The standard InChI is InChI=1S/C10H8ClFN2/c11-9-3-2-8(10(12)6-9)7-14-5-1-4-13-14/h1-6H,7H2. The first kappa shape index (κ1) is 9.21. The predicted octanol–water partition coefficient (Wildman–Crippen LogP) is 2.72. The number of hydrogen-bond donors (Lipinski definition) is 0.